The molecule has 1 saturated heterocycles. The van der Waals surface area contributed by atoms with Gasteiger partial charge in [0, 0.05) is 24.5 Å². The summed E-state index contributed by atoms with van der Waals surface area (Å²) in [4.78, 5) is 20.2. The molecule has 6 nitrogen and oxygen atoms in total. The van der Waals surface area contributed by atoms with Gasteiger partial charge < -0.3 is 20.3 Å². The van der Waals surface area contributed by atoms with E-state index in [-0.39, 0.29) is 23.3 Å². The Hall–Kier alpha value is -3.17. The van der Waals surface area contributed by atoms with Gasteiger partial charge in [-0.2, -0.15) is 0 Å². The summed E-state index contributed by atoms with van der Waals surface area (Å²) in [5, 5.41) is 6.20. The molecule has 4 rings (SSSR count). The predicted molar refractivity (Wildman–Crippen MR) is 127 cm³/mol. The lowest BCUT2D eigenvalue weighted by Crippen LogP contribution is -2.37. The fraction of sp³-hybridized carbons (Fsp3) is 0.250. The summed E-state index contributed by atoms with van der Waals surface area (Å²) in [5.41, 5.74) is 1.55. The highest BCUT2D eigenvalue weighted by Crippen LogP contribution is 2.27. The molecule has 33 heavy (non-hydrogen) atoms. The summed E-state index contributed by atoms with van der Waals surface area (Å²) >= 11 is 1.34. The molecule has 0 radical (unpaired) electrons. The van der Waals surface area contributed by atoms with Crippen LogP contribution in [0.4, 0.5) is 26.1 Å². The lowest BCUT2D eigenvalue weighted by atomic mass is 10.2. The fourth-order valence-electron chi connectivity index (χ4n) is 3.32. The molecule has 2 aromatic carbocycles. The van der Waals surface area contributed by atoms with Gasteiger partial charge in [-0.3, -0.25) is 4.79 Å². The van der Waals surface area contributed by atoms with Crippen molar-refractivity contribution in [2.75, 3.05) is 47.6 Å². The van der Waals surface area contributed by atoms with Gasteiger partial charge in [0.25, 0.3) is 0 Å². The highest BCUT2D eigenvalue weighted by molar-refractivity contribution is 8.00. The smallest absolute Gasteiger partial charge is 0.234 e. The number of benzene rings is 2. The number of carbonyl (C=O) groups excluding carboxylic acids is 1. The number of rotatable bonds is 8. The van der Waals surface area contributed by atoms with Gasteiger partial charge in [0.2, 0.25) is 5.91 Å². The summed E-state index contributed by atoms with van der Waals surface area (Å²) in [6.07, 6.45) is 0. The maximum absolute atomic E-state index is 13.1. The molecule has 0 saturated carbocycles. The molecule has 1 aromatic heterocycles. The number of halogens is 2. The first kappa shape index (κ1) is 23.0. The third-order valence-electron chi connectivity index (χ3n) is 5.03. The number of morpholine rings is 1. The highest BCUT2D eigenvalue weighted by Gasteiger charge is 2.18. The normalized spacial score (nSPS) is 13.6. The summed E-state index contributed by atoms with van der Waals surface area (Å²) < 4.78 is 31.6. The van der Waals surface area contributed by atoms with Crippen molar-refractivity contribution in [2.45, 2.75) is 11.4 Å². The summed E-state index contributed by atoms with van der Waals surface area (Å²) in [6, 6.07) is 16.0. The van der Waals surface area contributed by atoms with E-state index in [0.29, 0.717) is 50.2 Å². The van der Waals surface area contributed by atoms with Crippen molar-refractivity contribution in [3.05, 3.63) is 77.9 Å². The molecule has 1 amide bonds. The predicted octanol–water partition coefficient (Wildman–Crippen LogP) is 4.54. The molecule has 2 heterocycles. The van der Waals surface area contributed by atoms with Crippen LogP contribution in [0.2, 0.25) is 0 Å². The van der Waals surface area contributed by atoms with E-state index in [1.54, 1.807) is 30.3 Å². The van der Waals surface area contributed by atoms with Gasteiger partial charge in [-0.05, 0) is 54.1 Å². The molecule has 9 heteroatoms. The van der Waals surface area contributed by atoms with E-state index in [0.717, 1.165) is 10.5 Å². The van der Waals surface area contributed by atoms with Crippen molar-refractivity contribution >= 4 is 35.0 Å². The van der Waals surface area contributed by atoms with E-state index in [1.165, 1.54) is 36.0 Å². The van der Waals surface area contributed by atoms with Crippen molar-refractivity contribution in [2.24, 2.45) is 0 Å². The molecule has 2 N–H and O–H groups in total. The highest BCUT2D eigenvalue weighted by atomic mass is 32.2. The second-order valence-corrected chi connectivity index (χ2v) is 8.49. The van der Waals surface area contributed by atoms with E-state index < -0.39 is 0 Å². The van der Waals surface area contributed by atoms with Crippen LogP contribution in [0.25, 0.3) is 0 Å². The van der Waals surface area contributed by atoms with Gasteiger partial charge in [-0.25, -0.2) is 13.8 Å². The average Bonchev–Trinajstić information content (AvgIpc) is 2.84. The number of hydrogen-bond acceptors (Lipinski definition) is 6. The van der Waals surface area contributed by atoms with Crippen LogP contribution in [0.15, 0.2) is 65.6 Å². The number of thioether (sulfide) groups is 1. The van der Waals surface area contributed by atoms with E-state index in [1.807, 2.05) is 6.07 Å². The maximum atomic E-state index is 13.1. The Morgan fingerprint density at radius 2 is 1.64 bits per heavy atom. The van der Waals surface area contributed by atoms with Crippen molar-refractivity contribution in [1.82, 2.24) is 4.98 Å². The number of carbonyl (C=O) groups is 1. The fourth-order valence-corrected chi connectivity index (χ4v) is 4.02. The molecule has 0 bridgehead atoms. The molecular formula is C24H24F2N4O2S. The molecule has 3 aromatic rings. The van der Waals surface area contributed by atoms with Crippen LogP contribution < -0.4 is 15.5 Å². The van der Waals surface area contributed by atoms with Gasteiger partial charge >= 0.3 is 0 Å². The standard InChI is InChI=1S/C24H24F2N4O2S/c25-18-3-1-17(2-4-18)15-27-22-10-9-21(24(29-22)30-11-13-32-14-12-30)28-23(31)16-33-20-7-5-19(26)6-8-20/h1-10H,11-16H2,(H,27,29)(H,28,31). The van der Waals surface area contributed by atoms with Crippen LogP contribution in [0.1, 0.15) is 5.56 Å². The van der Waals surface area contributed by atoms with E-state index in [4.69, 9.17) is 9.72 Å². The van der Waals surface area contributed by atoms with Crippen LogP contribution in [0.3, 0.4) is 0 Å². The Morgan fingerprint density at radius 1 is 0.970 bits per heavy atom. The summed E-state index contributed by atoms with van der Waals surface area (Å²) in [5.74, 6) is 0.760. The van der Waals surface area contributed by atoms with Crippen LogP contribution >= 0.6 is 11.8 Å². The molecule has 1 fully saturated rings. The molecule has 172 valence electrons. The number of nitrogens with one attached hydrogen (secondary N) is 2. The first-order chi connectivity index (χ1) is 16.1. The third-order valence-corrected chi connectivity index (χ3v) is 6.04. The van der Waals surface area contributed by atoms with Crippen molar-refractivity contribution in [1.29, 1.82) is 0 Å². The molecule has 0 aliphatic carbocycles. The van der Waals surface area contributed by atoms with E-state index in [9.17, 15) is 13.6 Å². The lowest BCUT2D eigenvalue weighted by Gasteiger charge is -2.29. The number of pyridine rings is 1. The SMILES string of the molecule is O=C(CSc1ccc(F)cc1)Nc1ccc(NCc2ccc(F)cc2)nc1N1CCOCC1. The second-order valence-electron chi connectivity index (χ2n) is 7.44. The number of aromatic nitrogens is 1. The minimum Gasteiger partial charge on any atom is -0.378 e. The van der Waals surface area contributed by atoms with Gasteiger partial charge in [0.05, 0.1) is 24.7 Å². The zero-order valence-corrected chi connectivity index (χ0v) is 18.7. The van der Waals surface area contributed by atoms with Gasteiger partial charge in [-0.15, -0.1) is 11.8 Å². The minimum atomic E-state index is -0.307. The first-order valence-electron chi connectivity index (χ1n) is 10.6. The van der Waals surface area contributed by atoms with Gasteiger partial charge in [0.15, 0.2) is 5.82 Å². The largest absolute Gasteiger partial charge is 0.378 e. The monoisotopic (exact) mass is 470 g/mol. The number of ether oxygens (including phenoxy) is 1. The molecule has 1 aliphatic heterocycles. The summed E-state index contributed by atoms with van der Waals surface area (Å²) in [7, 11) is 0. The van der Waals surface area contributed by atoms with E-state index in [2.05, 4.69) is 15.5 Å². The topological polar surface area (TPSA) is 66.5 Å². The van der Waals surface area contributed by atoms with Gasteiger partial charge in [-0.1, -0.05) is 12.1 Å². The Balaban J connectivity index is 1.44. The van der Waals surface area contributed by atoms with Crippen molar-refractivity contribution < 1.29 is 18.3 Å². The molecule has 0 atom stereocenters. The number of hydrogen-bond donors (Lipinski definition) is 2. The Kier molecular flexibility index (Phi) is 7.74. The summed E-state index contributed by atoms with van der Waals surface area (Å²) in [6.45, 7) is 3.00. The molecule has 0 spiro atoms. The van der Waals surface area contributed by atoms with Crippen LogP contribution in [-0.4, -0.2) is 42.9 Å². The van der Waals surface area contributed by atoms with Crippen LogP contribution in [-0.2, 0) is 16.1 Å². The van der Waals surface area contributed by atoms with Crippen molar-refractivity contribution in [3.63, 3.8) is 0 Å². The average molecular weight is 471 g/mol. The molecular weight excluding hydrogens is 446 g/mol. The first-order valence-corrected chi connectivity index (χ1v) is 11.6. The zero-order valence-electron chi connectivity index (χ0n) is 17.9. The quantitative estimate of drug-likeness (QED) is 0.472. The number of nitrogens with zero attached hydrogens (tertiary/aromatic N) is 2. The van der Waals surface area contributed by atoms with Crippen molar-refractivity contribution in [3.8, 4) is 0 Å². The minimum absolute atomic E-state index is 0.173. The Bertz CT molecular complexity index is 1070. The Morgan fingerprint density at radius 3 is 2.33 bits per heavy atom. The van der Waals surface area contributed by atoms with E-state index >= 15 is 0 Å². The number of amides is 1. The zero-order chi connectivity index (χ0) is 23.0. The Labute approximate surface area is 195 Å². The number of anilines is 3. The molecule has 0 unspecified atom stereocenters. The van der Waals surface area contributed by atoms with Crippen LogP contribution in [0, 0.1) is 11.6 Å². The van der Waals surface area contributed by atoms with Crippen LogP contribution in [0.5, 0.6) is 0 Å². The second kappa shape index (κ2) is 11.1. The maximum Gasteiger partial charge on any atom is 0.234 e. The third kappa shape index (κ3) is 6.66. The molecule has 1 aliphatic rings. The lowest BCUT2D eigenvalue weighted by molar-refractivity contribution is -0.113. The van der Waals surface area contributed by atoms with Gasteiger partial charge in [0.1, 0.15) is 17.5 Å².